The minimum atomic E-state index is -0.102. The van der Waals surface area contributed by atoms with Crippen molar-refractivity contribution in [2.75, 3.05) is 18.0 Å². The van der Waals surface area contributed by atoms with E-state index in [0.717, 1.165) is 43.0 Å². The van der Waals surface area contributed by atoms with Gasteiger partial charge in [0.05, 0.1) is 6.33 Å². The minimum Gasteiger partial charge on any atom is -0.355 e. The van der Waals surface area contributed by atoms with Crippen molar-refractivity contribution in [3.63, 3.8) is 0 Å². The predicted octanol–water partition coefficient (Wildman–Crippen LogP) is 0.870. The zero-order valence-electron chi connectivity index (χ0n) is 14.4. The van der Waals surface area contributed by atoms with Crippen LogP contribution in [0.5, 0.6) is 0 Å². The average Bonchev–Trinajstić information content (AvgIpc) is 2.58. The van der Waals surface area contributed by atoms with Crippen molar-refractivity contribution in [3.8, 4) is 0 Å². The molecule has 2 aromatic heterocycles. The van der Waals surface area contributed by atoms with Crippen molar-refractivity contribution in [2.45, 2.75) is 33.2 Å². The maximum atomic E-state index is 12.3. The molecule has 7 heteroatoms. The molecule has 1 aliphatic rings. The molecule has 0 radical (unpaired) electrons. The third-order valence-electron chi connectivity index (χ3n) is 4.85. The Labute approximate surface area is 140 Å². The first-order valence-corrected chi connectivity index (χ1v) is 8.27. The van der Waals surface area contributed by atoms with Crippen molar-refractivity contribution in [2.24, 2.45) is 13.0 Å². The Kier molecular flexibility index (Phi) is 4.51. The number of hydrogen-bond acceptors (Lipinski definition) is 5. The van der Waals surface area contributed by atoms with Crippen LogP contribution in [0.25, 0.3) is 0 Å². The number of piperidine rings is 1. The van der Waals surface area contributed by atoms with Gasteiger partial charge in [-0.2, -0.15) is 5.10 Å². The first-order valence-electron chi connectivity index (χ1n) is 8.27. The van der Waals surface area contributed by atoms with Gasteiger partial charge in [-0.25, -0.2) is 9.67 Å². The number of nitrogens with zero attached hydrogens (tertiary/aromatic N) is 5. The summed E-state index contributed by atoms with van der Waals surface area (Å²) in [6.07, 6.45) is 3.64. The summed E-state index contributed by atoms with van der Waals surface area (Å²) in [6, 6.07) is 3.33. The lowest BCUT2D eigenvalue weighted by atomic mass is 9.96. The van der Waals surface area contributed by atoms with E-state index >= 15 is 0 Å². The standard InChI is InChI=1S/C17H23N5O2/c1-12-13(2)18-11-22(17(12)24)10-14-6-8-21(9-7-14)15-4-5-16(23)20(3)19-15/h4-5,11,14H,6-10H2,1-3H3. The van der Waals surface area contributed by atoms with Crippen molar-refractivity contribution >= 4 is 5.82 Å². The fraction of sp³-hybridized carbons (Fsp3) is 0.529. The van der Waals surface area contributed by atoms with E-state index in [1.165, 1.54) is 4.68 Å². The van der Waals surface area contributed by atoms with Crippen LogP contribution < -0.4 is 16.0 Å². The lowest BCUT2D eigenvalue weighted by Crippen LogP contribution is -2.38. The molecule has 0 aromatic carbocycles. The normalized spacial score (nSPS) is 15.7. The van der Waals surface area contributed by atoms with E-state index in [2.05, 4.69) is 15.0 Å². The van der Waals surface area contributed by atoms with Crippen LogP contribution in [0.4, 0.5) is 5.82 Å². The van der Waals surface area contributed by atoms with E-state index in [4.69, 9.17) is 0 Å². The highest BCUT2D eigenvalue weighted by atomic mass is 16.1. The predicted molar refractivity (Wildman–Crippen MR) is 92.4 cm³/mol. The van der Waals surface area contributed by atoms with Gasteiger partial charge < -0.3 is 4.90 Å². The molecule has 0 aliphatic carbocycles. The van der Waals surface area contributed by atoms with E-state index < -0.39 is 0 Å². The van der Waals surface area contributed by atoms with Crippen molar-refractivity contribution in [3.05, 3.63) is 50.4 Å². The summed E-state index contributed by atoms with van der Waals surface area (Å²) in [7, 11) is 1.66. The number of aromatic nitrogens is 4. The summed E-state index contributed by atoms with van der Waals surface area (Å²) >= 11 is 0. The molecule has 7 nitrogen and oxygen atoms in total. The maximum absolute atomic E-state index is 12.3. The van der Waals surface area contributed by atoms with E-state index in [1.54, 1.807) is 30.1 Å². The fourth-order valence-corrected chi connectivity index (χ4v) is 3.09. The number of aryl methyl sites for hydroxylation is 2. The SMILES string of the molecule is Cc1ncn(CC2CCN(c3ccc(=O)n(C)n3)CC2)c(=O)c1C. The fourth-order valence-electron chi connectivity index (χ4n) is 3.09. The molecule has 2 aromatic rings. The number of anilines is 1. The van der Waals surface area contributed by atoms with Crippen LogP contribution in [-0.2, 0) is 13.6 Å². The Hall–Kier alpha value is -2.44. The smallest absolute Gasteiger partial charge is 0.266 e. The quantitative estimate of drug-likeness (QED) is 0.835. The summed E-state index contributed by atoms with van der Waals surface area (Å²) in [5.41, 5.74) is 1.48. The third-order valence-corrected chi connectivity index (χ3v) is 4.85. The maximum Gasteiger partial charge on any atom is 0.266 e. The van der Waals surface area contributed by atoms with Gasteiger partial charge in [0.15, 0.2) is 0 Å². The second-order valence-electron chi connectivity index (χ2n) is 6.50. The van der Waals surface area contributed by atoms with Gasteiger partial charge in [0.1, 0.15) is 5.82 Å². The molecule has 0 N–H and O–H groups in total. The minimum absolute atomic E-state index is 0.0599. The Balaban J connectivity index is 1.65. The molecule has 3 rings (SSSR count). The Bertz CT molecular complexity index is 847. The molecule has 0 atom stereocenters. The van der Waals surface area contributed by atoms with Crippen LogP contribution in [0.3, 0.4) is 0 Å². The zero-order chi connectivity index (χ0) is 17.3. The number of rotatable bonds is 3. The monoisotopic (exact) mass is 329 g/mol. The lowest BCUT2D eigenvalue weighted by molar-refractivity contribution is 0.348. The highest BCUT2D eigenvalue weighted by molar-refractivity contribution is 5.36. The molecule has 1 aliphatic heterocycles. The van der Waals surface area contributed by atoms with Crippen LogP contribution in [0.15, 0.2) is 28.0 Å². The molecule has 0 unspecified atom stereocenters. The largest absolute Gasteiger partial charge is 0.355 e. The van der Waals surface area contributed by atoms with Crippen LogP contribution in [0.1, 0.15) is 24.1 Å². The summed E-state index contributed by atoms with van der Waals surface area (Å²) in [5.74, 6) is 1.29. The van der Waals surface area contributed by atoms with Crippen LogP contribution in [-0.4, -0.2) is 32.4 Å². The first-order chi connectivity index (χ1) is 11.5. The summed E-state index contributed by atoms with van der Waals surface area (Å²) in [6.45, 7) is 6.15. The molecular formula is C17H23N5O2. The molecule has 0 spiro atoms. The molecule has 0 saturated carbocycles. The molecule has 1 fully saturated rings. The second kappa shape index (κ2) is 6.59. The molecule has 0 bridgehead atoms. The van der Waals surface area contributed by atoms with Gasteiger partial charge in [0.2, 0.25) is 0 Å². The van der Waals surface area contributed by atoms with Gasteiger partial charge in [-0.1, -0.05) is 0 Å². The van der Waals surface area contributed by atoms with Crippen LogP contribution >= 0.6 is 0 Å². The second-order valence-corrected chi connectivity index (χ2v) is 6.50. The molecule has 128 valence electrons. The highest BCUT2D eigenvalue weighted by Gasteiger charge is 2.21. The number of hydrogen-bond donors (Lipinski definition) is 0. The van der Waals surface area contributed by atoms with Gasteiger partial charge in [-0.05, 0) is 38.7 Å². The Morgan fingerprint density at radius 3 is 2.54 bits per heavy atom. The summed E-state index contributed by atoms with van der Waals surface area (Å²) in [4.78, 5) is 30.2. The summed E-state index contributed by atoms with van der Waals surface area (Å²) in [5, 5.41) is 4.31. The molecule has 3 heterocycles. The Morgan fingerprint density at radius 2 is 1.88 bits per heavy atom. The van der Waals surface area contributed by atoms with Crippen molar-refractivity contribution < 1.29 is 0 Å². The summed E-state index contributed by atoms with van der Waals surface area (Å²) < 4.78 is 3.09. The van der Waals surface area contributed by atoms with Gasteiger partial charge in [-0.15, -0.1) is 0 Å². The van der Waals surface area contributed by atoms with E-state index in [9.17, 15) is 9.59 Å². The van der Waals surface area contributed by atoms with Crippen LogP contribution in [0, 0.1) is 19.8 Å². The zero-order valence-corrected chi connectivity index (χ0v) is 14.4. The van der Waals surface area contributed by atoms with Gasteiger partial charge in [0.25, 0.3) is 11.1 Å². The molecule has 24 heavy (non-hydrogen) atoms. The Morgan fingerprint density at radius 1 is 1.17 bits per heavy atom. The average molecular weight is 329 g/mol. The van der Waals surface area contributed by atoms with Crippen molar-refractivity contribution in [1.29, 1.82) is 0 Å². The van der Waals surface area contributed by atoms with Crippen molar-refractivity contribution in [1.82, 2.24) is 19.3 Å². The molecule has 1 saturated heterocycles. The van der Waals surface area contributed by atoms with Gasteiger partial charge >= 0.3 is 0 Å². The molecule has 0 amide bonds. The van der Waals surface area contributed by atoms with E-state index in [0.29, 0.717) is 12.5 Å². The van der Waals surface area contributed by atoms with E-state index in [-0.39, 0.29) is 11.1 Å². The third kappa shape index (κ3) is 3.25. The first kappa shape index (κ1) is 16.4. The van der Waals surface area contributed by atoms with Gasteiger partial charge in [-0.3, -0.25) is 14.2 Å². The lowest BCUT2D eigenvalue weighted by Gasteiger charge is -2.33. The molecular weight excluding hydrogens is 306 g/mol. The van der Waals surface area contributed by atoms with E-state index in [1.807, 2.05) is 13.8 Å². The topological polar surface area (TPSA) is 73.0 Å². The highest BCUT2D eigenvalue weighted by Crippen LogP contribution is 2.22. The van der Waals surface area contributed by atoms with Crippen LogP contribution in [0.2, 0.25) is 0 Å². The van der Waals surface area contributed by atoms with Gasteiger partial charge in [0, 0.05) is 44.0 Å².